The number of nitriles is 1. The first-order valence-electron chi connectivity index (χ1n) is 6.52. The van der Waals surface area contributed by atoms with Crippen LogP contribution < -0.4 is 16.4 Å². The first kappa shape index (κ1) is 14.4. The lowest BCUT2D eigenvalue weighted by atomic mass is 10.1. The SMILES string of the molecule is N#CCCN(c1ccccc1)c1cc(N)ccc1C(N)=O. The van der Waals surface area contributed by atoms with Crippen LogP contribution in [-0.2, 0) is 0 Å². The van der Waals surface area contributed by atoms with Crippen molar-refractivity contribution in [2.45, 2.75) is 6.42 Å². The summed E-state index contributed by atoms with van der Waals surface area (Å²) in [6.07, 6.45) is 0.321. The van der Waals surface area contributed by atoms with Crippen LogP contribution >= 0.6 is 0 Å². The van der Waals surface area contributed by atoms with Gasteiger partial charge in [0.15, 0.2) is 0 Å². The largest absolute Gasteiger partial charge is 0.399 e. The molecule has 0 heterocycles. The van der Waals surface area contributed by atoms with Crippen LogP contribution in [0.25, 0.3) is 0 Å². The molecule has 0 atom stereocenters. The number of primary amides is 1. The molecule has 0 saturated carbocycles. The number of rotatable bonds is 5. The predicted molar refractivity (Wildman–Crippen MR) is 83.1 cm³/mol. The van der Waals surface area contributed by atoms with Crippen molar-refractivity contribution in [2.75, 3.05) is 17.2 Å². The summed E-state index contributed by atoms with van der Waals surface area (Å²) in [5.74, 6) is -0.525. The lowest BCUT2D eigenvalue weighted by molar-refractivity contribution is 0.100. The maximum Gasteiger partial charge on any atom is 0.250 e. The van der Waals surface area contributed by atoms with Crippen molar-refractivity contribution >= 4 is 23.0 Å². The van der Waals surface area contributed by atoms with E-state index in [-0.39, 0.29) is 0 Å². The maximum absolute atomic E-state index is 11.6. The molecule has 0 aliphatic rings. The van der Waals surface area contributed by atoms with Crippen molar-refractivity contribution in [2.24, 2.45) is 5.73 Å². The topological polar surface area (TPSA) is 96.1 Å². The molecule has 2 aromatic carbocycles. The predicted octanol–water partition coefficient (Wildman–Crippen LogP) is 2.42. The quantitative estimate of drug-likeness (QED) is 0.822. The number of carbonyl (C=O) groups is 1. The fraction of sp³-hybridized carbons (Fsp3) is 0.125. The van der Waals surface area contributed by atoms with Crippen molar-refractivity contribution in [1.82, 2.24) is 0 Å². The van der Waals surface area contributed by atoms with Crippen molar-refractivity contribution in [3.05, 3.63) is 54.1 Å². The molecular weight excluding hydrogens is 264 g/mol. The van der Waals surface area contributed by atoms with Crippen LogP contribution in [0.5, 0.6) is 0 Å². The van der Waals surface area contributed by atoms with Crippen LogP contribution in [0.1, 0.15) is 16.8 Å². The molecule has 0 aliphatic carbocycles. The minimum absolute atomic E-state index is 0.321. The van der Waals surface area contributed by atoms with Gasteiger partial charge < -0.3 is 16.4 Å². The van der Waals surface area contributed by atoms with E-state index in [2.05, 4.69) is 6.07 Å². The number of carbonyl (C=O) groups excluding carboxylic acids is 1. The number of nitrogens with zero attached hydrogens (tertiary/aromatic N) is 2. The smallest absolute Gasteiger partial charge is 0.250 e. The summed E-state index contributed by atoms with van der Waals surface area (Å²) < 4.78 is 0. The standard InChI is InChI=1S/C16H16N4O/c17-9-4-10-20(13-5-2-1-3-6-13)15-11-12(18)7-8-14(15)16(19)21/h1-3,5-8,11H,4,10,18H2,(H2,19,21). The first-order chi connectivity index (χ1) is 10.1. The summed E-state index contributed by atoms with van der Waals surface area (Å²) in [4.78, 5) is 13.5. The zero-order chi connectivity index (χ0) is 15.2. The van der Waals surface area contributed by atoms with Gasteiger partial charge >= 0.3 is 0 Å². The Morgan fingerprint density at radius 3 is 2.52 bits per heavy atom. The zero-order valence-corrected chi connectivity index (χ0v) is 11.5. The highest BCUT2D eigenvalue weighted by molar-refractivity contribution is 6.00. The Balaban J connectivity index is 2.53. The molecule has 5 nitrogen and oxygen atoms in total. The number of nitrogens with two attached hydrogens (primary N) is 2. The number of para-hydroxylation sites is 1. The third-order valence-corrected chi connectivity index (χ3v) is 3.09. The highest BCUT2D eigenvalue weighted by Gasteiger charge is 2.16. The van der Waals surface area contributed by atoms with Crippen LogP contribution in [-0.4, -0.2) is 12.5 Å². The summed E-state index contributed by atoms with van der Waals surface area (Å²) in [5.41, 5.74) is 13.7. The van der Waals surface area contributed by atoms with E-state index in [1.54, 1.807) is 18.2 Å². The second-order valence-corrected chi connectivity index (χ2v) is 4.54. The summed E-state index contributed by atoms with van der Waals surface area (Å²) in [7, 11) is 0. The van der Waals surface area contributed by atoms with E-state index in [0.29, 0.717) is 29.9 Å². The van der Waals surface area contributed by atoms with Gasteiger partial charge in [-0.15, -0.1) is 0 Å². The molecule has 1 amide bonds. The van der Waals surface area contributed by atoms with Gasteiger partial charge in [-0.25, -0.2) is 0 Å². The first-order valence-corrected chi connectivity index (χ1v) is 6.52. The highest BCUT2D eigenvalue weighted by atomic mass is 16.1. The number of hydrogen-bond acceptors (Lipinski definition) is 4. The Labute approximate surface area is 123 Å². The van der Waals surface area contributed by atoms with E-state index in [1.165, 1.54) is 0 Å². The van der Waals surface area contributed by atoms with Crippen molar-refractivity contribution < 1.29 is 4.79 Å². The van der Waals surface area contributed by atoms with Crippen LogP contribution in [0, 0.1) is 11.3 Å². The maximum atomic E-state index is 11.6. The second kappa shape index (κ2) is 6.44. The number of benzene rings is 2. The highest BCUT2D eigenvalue weighted by Crippen LogP contribution is 2.30. The van der Waals surface area contributed by atoms with Crippen molar-refractivity contribution in [1.29, 1.82) is 5.26 Å². The third kappa shape index (κ3) is 3.31. The summed E-state index contributed by atoms with van der Waals surface area (Å²) >= 11 is 0. The molecule has 0 fully saturated rings. The second-order valence-electron chi connectivity index (χ2n) is 4.54. The monoisotopic (exact) mass is 280 g/mol. The summed E-state index contributed by atoms with van der Waals surface area (Å²) in [6.45, 7) is 0.449. The molecule has 106 valence electrons. The fourth-order valence-corrected chi connectivity index (χ4v) is 2.14. The Morgan fingerprint density at radius 1 is 1.19 bits per heavy atom. The minimum atomic E-state index is -0.525. The molecule has 0 radical (unpaired) electrons. The van der Waals surface area contributed by atoms with E-state index in [1.807, 2.05) is 35.2 Å². The Morgan fingerprint density at radius 2 is 1.90 bits per heavy atom. The number of amides is 1. The molecule has 2 aromatic rings. The minimum Gasteiger partial charge on any atom is -0.399 e. The number of anilines is 3. The van der Waals surface area contributed by atoms with E-state index >= 15 is 0 Å². The molecule has 0 spiro atoms. The molecule has 5 heteroatoms. The molecular formula is C16H16N4O. The third-order valence-electron chi connectivity index (χ3n) is 3.09. The van der Waals surface area contributed by atoms with Gasteiger partial charge in [-0.1, -0.05) is 18.2 Å². The van der Waals surface area contributed by atoms with Gasteiger partial charge in [-0.3, -0.25) is 4.79 Å². The summed E-state index contributed by atoms with van der Waals surface area (Å²) in [6, 6.07) is 16.6. The van der Waals surface area contributed by atoms with Crippen LogP contribution in [0.2, 0.25) is 0 Å². The normalized spacial score (nSPS) is 9.86. The zero-order valence-electron chi connectivity index (χ0n) is 11.5. The van der Waals surface area contributed by atoms with E-state index in [0.717, 1.165) is 5.69 Å². The fourth-order valence-electron chi connectivity index (χ4n) is 2.14. The Kier molecular flexibility index (Phi) is 4.42. The van der Waals surface area contributed by atoms with Crippen molar-refractivity contribution in [3.8, 4) is 6.07 Å². The molecule has 0 bridgehead atoms. The Hall–Kier alpha value is -3.00. The molecule has 2 rings (SSSR count). The van der Waals surface area contributed by atoms with Gasteiger partial charge in [0.2, 0.25) is 0 Å². The van der Waals surface area contributed by atoms with Gasteiger partial charge in [0.25, 0.3) is 5.91 Å². The molecule has 0 saturated heterocycles. The van der Waals surface area contributed by atoms with E-state index in [9.17, 15) is 4.79 Å². The van der Waals surface area contributed by atoms with Gasteiger partial charge in [-0.05, 0) is 30.3 Å². The lowest BCUT2D eigenvalue weighted by Gasteiger charge is -2.26. The molecule has 0 aliphatic heterocycles. The van der Waals surface area contributed by atoms with Crippen molar-refractivity contribution in [3.63, 3.8) is 0 Å². The van der Waals surface area contributed by atoms with Gasteiger partial charge in [0.1, 0.15) is 0 Å². The van der Waals surface area contributed by atoms with E-state index in [4.69, 9.17) is 16.7 Å². The molecule has 21 heavy (non-hydrogen) atoms. The molecule has 0 aromatic heterocycles. The van der Waals surface area contributed by atoms with Crippen LogP contribution in [0.3, 0.4) is 0 Å². The molecule has 0 unspecified atom stereocenters. The lowest BCUT2D eigenvalue weighted by Crippen LogP contribution is -2.23. The van der Waals surface area contributed by atoms with E-state index < -0.39 is 5.91 Å². The van der Waals surface area contributed by atoms with Crippen LogP contribution in [0.15, 0.2) is 48.5 Å². The van der Waals surface area contributed by atoms with Gasteiger partial charge in [-0.2, -0.15) is 5.26 Å². The average molecular weight is 280 g/mol. The van der Waals surface area contributed by atoms with Crippen LogP contribution in [0.4, 0.5) is 17.1 Å². The molecule has 4 N–H and O–H groups in total. The number of nitrogen functional groups attached to an aromatic ring is 1. The number of hydrogen-bond donors (Lipinski definition) is 2. The van der Waals surface area contributed by atoms with Gasteiger partial charge in [0.05, 0.1) is 23.7 Å². The van der Waals surface area contributed by atoms with Gasteiger partial charge in [0, 0.05) is 17.9 Å². The average Bonchev–Trinajstić information content (AvgIpc) is 2.48. The Bertz CT molecular complexity index is 676. The summed E-state index contributed by atoms with van der Waals surface area (Å²) in [5, 5.41) is 8.85.